The molecule has 2 aromatic heterocycles. The Morgan fingerprint density at radius 2 is 1.39 bits per heavy atom. The molecule has 0 radical (unpaired) electrons. The predicted octanol–water partition coefficient (Wildman–Crippen LogP) is 6.06. The molecule has 3 aliphatic rings. The number of anilines is 3. The highest BCUT2D eigenvalue weighted by Gasteiger charge is 2.30. The first-order valence-corrected chi connectivity index (χ1v) is 14.5. The third-order valence-corrected chi connectivity index (χ3v) is 9.97. The molecule has 0 aliphatic heterocycles. The highest BCUT2D eigenvalue weighted by atomic mass is 32.2. The number of sulfone groups is 1. The second kappa shape index (κ2) is 10.0. The van der Waals surface area contributed by atoms with E-state index in [-0.39, 0.29) is 5.25 Å². The molecular formula is C25H37N5O2S. The Morgan fingerprint density at radius 1 is 0.758 bits per heavy atom. The number of hydrogen-bond acceptors (Lipinski definition) is 6. The zero-order chi connectivity index (χ0) is 22.7. The lowest BCUT2D eigenvalue weighted by molar-refractivity contribution is 0.461. The molecule has 8 heteroatoms. The largest absolute Gasteiger partial charge is 0.367 e. The van der Waals surface area contributed by atoms with Crippen LogP contribution in [-0.2, 0) is 9.84 Å². The Hall–Kier alpha value is -2.09. The van der Waals surface area contributed by atoms with Crippen LogP contribution in [0.1, 0.15) is 102 Å². The van der Waals surface area contributed by atoms with Crippen LogP contribution in [0.15, 0.2) is 23.1 Å². The molecule has 2 heterocycles. The molecule has 180 valence electrons. The lowest BCUT2D eigenvalue weighted by atomic mass is 9.95. The molecule has 2 aromatic rings. The van der Waals surface area contributed by atoms with E-state index in [4.69, 9.17) is 4.98 Å². The van der Waals surface area contributed by atoms with Crippen LogP contribution in [0.5, 0.6) is 0 Å². The molecular weight excluding hydrogens is 434 g/mol. The molecule has 0 atom stereocenters. The zero-order valence-electron chi connectivity index (χ0n) is 19.5. The van der Waals surface area contributed by atoms with Crippen LogP contribution in [0.2, 0.25) is 0 Å². The lowest BCUT2D eigenvalue weighted by Crippen LogP contribution is -2.25. The number of aromatic amines is 1. The summed E-state index contributed by atoms with van der Waals surface area (Å²) in [5.41, 5.74) is 1.15. The first-order chi connectivity index (χ1) is 16.1. The minimum atomic E-state index is -3.40. The molecule has 3 N–H and O–H groups in total. The minimum absolute atomic E-state index is 0.289. The van der Waals surface area contributed by atoms with Crippen molar-refractivity contribution in [3.8, 4) is 0 Å². The van der Waals surface area contributed by atoms with E-state index in [2.05, 4.69) is 20.8 Å². The van der Waals surface area contributed by atoms with E-state index in [1.165, 1.54) is 44.9 Å². The summed E-state index contributed by atoms with van der Waals surface area (Å²) in [7, 11) is -3.40. The molecule has 0 spiro atoms. The normalized spacial score (nSPS) is 21.3. The van der Waals surface area contributed by atoms with Gasteiger partial charge >= 0.3 is 0 Å². The molecule has 3 aliphatic carbocycles. The SMILES string of the molecule is O=S(=O)(c1cc(Nc2cc(C3CCCC3)[nH]n2)nc(NC2CCCCC2)c1)C1CCCCC1. The van der Waals surface area contributed by atoms with Gasteiger partial charge in [-0.3, -0.25) is 5.10 Å². The fourth-order valence-electron chi connectivity index (χ4n) is 5.81. The molecule has 33 heavy (non-hydrogen) atoms. The minimum Gasteiger partial charge on any atom is -0.367 e. The average Bonchev–Trinajstić information content (AvgIpc) is 3.52. The van der Waals surface area contributed by atoms with Gasteiger partial charge in [0.2, 0.25) is 0 Å². The smallest absolute Gasteiger partial charge is 0.181 e. The number of nitrogens with one attached hydrogen (secondary N) is 3. The van der Waals surface area contributed by atoms with Gasteiger partial charge in [-0.05, 0) is 50.7 Å². The van der Waals surface area contributed by atoms with Gasteiger partial charge in [0.15, 0.2) is 15.7 Å². The van der Waals surface area contributed by atoms with Crippen LogP contribution in [0.25, 0.3) is 0 Å². The van der Waals surface area contributed by atoms with Gasteiger partial charge in [0.05, 0.1) is 10.1 Å². The van der Waals surface area contributed by atoms with Crippen molar-refractivity contribution in [3.05, 3.63) is 23.9 Å². The molecule has 0 unspecified atom stereocenters. The standard InChI is InChI=1S/C25H37N5O2S/c31-33(32,20-13-5-2-6-14-20)21-15-23(26-19-11-3-1-4-12-19)27-24(16-21)28-25-17-22(29-30-25)18-9-7-8-10-18/h15-20H,1-14H2,(H3,26,27,28,29,30). The van der Waals surface area contributed by atoms with Crippen molar-refractivity contribution in [1.29, 1.82) is 0 Å². The topological polar surface area (TPSA) is 99.8 Å². The van der Waals surface area contributed by atoms with Crippen LogP contribution in [0.3, 0.4) is 0 Å². The van der Waals surface area contributed by atoms with E-state index in [1.807, 2.05) is 6.07 Å². The maximum atomic E-state index is 13.5. The summed E-state index contributed by atoms with van der Waals surface area (Å²) in [6, 6.07) is 5.85. The number of rotatable bonds is 7. The van der Waals surface area contributed by atoms with Crippen molar-refractivity contribution in [1.82, 2.24) is 15.2 Å². The Balaban J connectivity index is 1.41. The quantitative estimate of drug-likeness (QED) is 0.454. The highest BCUT2D eigenvalue weighted by molar-refractivity contribution is 7.92. The second-order valence-electron chi connectivity index (χ2n) is 10.2. The number of hydrogen-bond donors (Lipinski definition) is 3. The van der Waals surface area contributed by atoms with Crippen molar-refractivity contribution in [2.45, 2.75) is 112 Å². The van der Waals surface area contributed by atoms with Gasteiger partial charge in [-0.2, -0.15) is 5.10 Å². The predicted molar refractivity (Wildman–Crippen MR) is 132 cm³/mol. The lowest BCUT2D eigenvalue weighted by Gasteiger charge is -2.25. The van der Waals surface area contributed by atoms with Gasteiger partial charge < -0.3 is 10.6 Å². The van der Waals surface area contributed by atoms with Gasteiger partial charge in [0.25, 0.3) is 0 Å². The van der Waals surface area contributed by atoms with Crippen molar-refractivity contribution < 1.29 is 8.42 Å². The fraction of sp³-hybridized carbons (Fsp3) is 0.680. The molecule has 5 rings (SSSR count). The van der Waals surface area contributed by atoms with Crippen LogP contribution in [-0.4, -0.2) is 34.9 Å². The van der Waals surface area contributed by atoms with Gasteiger partial charge in [0, 0.05) is 23.7 Å². The van der Waals surface area contributed by atoms with E-state index in [0.717, 1.165) is 50.6 Å². The first-order valence-electron chi connectivity index (χ1n) is 12.9. The monoisotopic (exact) mass is 471 g/mol. The van der Waals surface area contributed by atoms with Gasteiger partial charge in [-0.15, -0.1) is 0 Å². The Labute approximate surface area is 197 Å². The summed E-state index contributed by atoms with van der Waals surface area (Å²) in [5, 5.41) is 14.1. The average molecular weight is 472 g/mol. The summed E-state index contributed by atoms with van der Waals surface area (Å²) in [6.07, 6.45) is 15.5. The Kier molecular flexibility index (Phi) is 6.90. The van der Waals surface area contributed by atoms with Crippen LogP contribution < -0.4 is 10.6 Å². The molecule has 0 amide bonds. The van der Waals surface area contributed by atoms with E-state index in [1.54, 1.807) is 12.1 Å². The van der Waals surface area contributed by atoms with Gasteiger partial charge in [0.1, 0.15) is 11.6 Å². The van der Waals surface area contributed by atoms with E-state index in [0.29, 0.717) is 34.3 Å². The first kappa shape index (κ1) is 22.7. The van der Waals surface area contributed by atoms with Gasteiger partial charge in [-0.25, -0.2) is 13.4 Å². The third-order valence-electron chi connectivity index (χ3n) is 7.72. The van der Waals surface area contributed by atoms with E-state index >= 15 is 0 Å². The molecule has 0 saturated heterocycles. The summed E-state index contributed by atoms with van der Waals surface area (Å²) < 4.78 is 27.0. The number of pyridine rings is 1. The van der Waals surface area contributed by atoms with Gasteiger partial charge in [-0.1, -0.05) is 51.4 Å². The maximum absolute atomic E-state index is 13.5. The van der Waals surface area contributed by atoms with Crippen LogP contribution >= 0.6 is 0 Å². The molecule has 7 nitrogen and oxygen atoms in total. The molecule has 3 fully saturated rings. The molecule has 3 saturated carbocycles. The number of nitrogens with zero attached hydrogens (tertiary/aromatic N) is 2. The number of aromatic nitrogens is 3. The summed E-state index contributed by atoms with van der Waals surface area (Å²) >= 11 is 0. The van der Waals surface area contributed by atoms with Crippen LogP contribution in [0.4, 0.5) is 17.5 Å². The fourth-order valence-corrected chi connectivity index (χ4v) is 7.70. The third kappa shape index (κ3) is 5.36. The Morgan fingerprint density at radius 3 is 2.12 bits per heavy atom. The van der Waals surface area contributed by atoms with E-state index < -0.39 is 9.84 Å². The van der Waals surface area contributed by atoms with Crippen molar-refractivity contribution in [2.75, 3.05) is 10.6 Å². The van der Waals surface area contributed by atoms with Crippen molar-refractivity contribution in [3.63, 3.8) is 0 Å². The number of H-pyrrole nitrogens is 1. The van der Waals surface area contributed by atoms with Crippen molar-refractivity contribution in [2.24, 2.45) is 0 Å². The Bertz CT molecular complexity index is 1030. The summed E-state index contributed by atoms with van der Waals surface area (Å²) in [5.74, 6) is 2.42. The highest BCUT2D eigenvalue weighted by Crippen LogP contribution is 2.35. The maximum Gasteiger partial charge on any atom is 0.181 e. The summed E-state index contributed by atoms with van der Waals surface area (Å²) in [6.45, 7) is 0. The van der Waals surface area contributed by atoms with E-state index in [9.17, 15) is 8.42 Å². The zero-order valence-corrected chi connectivity index (χ0v) is 20.3. The summed E-state index contributed by atoms with van der Waals surface area (Å²) in [4.78, 5) is 5.12. The second-order valence-corrected chi connectivity index (χ2v) is 12.4. The molecule has 0 bridgehead atoms. The van der Waals surface area contributed by atoms with Crippen LogP contribution in [0, 0.1) is 0 Å². The molecule has 0 aromatic carbocycles. The van der Waals surface area contributed by atoms with Crippen molar-refractivity contribution >= 4 is 27.3 Å².